The monoisotopic (exact) mass is 1520 g/mol. The van der Waals surface area contributed by atoms with Gasteiger partial charge in [-0.05, 0) is 160 Å². The third-order valence-corrected chi connectivity index (χ3v) is 17.6. The summed E-state index contributed by atoms with van der Waals surface area (Å²) in [6, 6.07) is 11.8. The molecule has 0 bridgehead atoms. The number of hydrogen-bond acceptors (Lipinski definition) is 23. The zero-order chi connectivity index (χ0) is 81.9. The Kier molecular flexibility index (Phi) is 57.4. The first-order chi connectivity index (χ1) is 50.5. The summed E-state index contributed by atoms with van der Waals surface area (Å²) in [6.07, 6.45) is 16.1. The van der Waals surface area contributed by atoms with E-state index in [1.807, 2.05) is 62.3 Å². The molecule has 28 heteroatoms. The Hall–Kier alpha value is -8.94. The summed E-state index contributed by atoms with van der Waals surface area (Å²) in [6.45, 7) is 32.2. The minimum atomic E-state index is -1.24. The minimum absolute atomic E-state index is 0.0666. The summed E-state index contributed by atoms with van der Waals surface area (Å²) in [5, 5.41) is 25.7. The van der Waals surface area contributed by atoms with Crippen LogP contribution in [0.4, 0.5) is 15.3 Å². The Bertz CT molecular complexity index is 2870. The van der Waals surface area contributed by atoms with Crippen LogP contribution in [-0.4, -0.2) is 161 Å². The molecule has 0 spiro atoms. The van der Waals surface area contributed by atoms with Crippen molar-refractivity contribution in [3.63, 3.8) is 0 Å². The van der Waals surface area contributed by atoms with Crippen molar-refractivity contribution in [3.05, 3.63) is 65.2 Å². The molecule has 3 amide bonds. The van der Waals surface area contributed by atoms with E-state index in [4.69, 9.17) is 62.4 Å². The standard InChI is InChI=1S/2C23H43NO6.C19H24O8.C13H17NO3.CO2/c2*1-6-9-13-19(7-2)18-30-20(25)14-11-10-12-16-29-22(27)24-15-17-28-21(26)23(4,5)8-3;1-4-15(20)27-12-19(3,5-2)18(24)26-11-10-25-17(23)14-9-7-6-8-13(14)16(21)22;1-4-13(2,3)12(17)14-10-7-5-9(6-8-10)11(15)16;2-1-3/h2*19H,6-18H2,1-5H3,(H,24,27);6-9H,4-5,10-12H2,1-3H3,(H,21,22);5-8H,4H2,1-3H3,(H,14,17)(H,15,16);. The quantitative estimate of drug-likeness (QED) is 0.0233. The van der Waals surface area contributed by atoms with Crippen LogP contribution in [0.1, 0.15) is 277 Å². The van der Waals surface area contributed by atoms with Crippen molar-refractivity contribution < 1.29 is 120 Å². The second kappa shape index (κ2) is 60.1. The SMILES string of the molecule is CCC(=O)OCC(C)(CC)C(=O)OCCOC(=O)c1ccccc1C(=O)O.CCC(C)(C)C(=O)Nc1ccc(C(=O)O)cc1.CCCCC(CC)COC(=O)CCCCCOC(=O)NCCOC(=O)C(C)(C)CC.CCCCC(CC)COC(=O)CCCCCOC(=O)NCCOC(=O)C(C)(C)CC.O=C=O. The Morgan fingerprint density at radius 3 is 1.23 bits per heavy atom. The number of rotatable bonds is 48. The molecule has 0 aliphatic rings. The molecule has 2 rings (SSSR count). The maximum atomic E-state index is 12.2. The maximum Gasteiger partial charge on any atom is 0.407 e. The van der Waals surface area contributed by atoms with Gasteiger partial charge >= 0.3 is 72.1 Å². The summed E-state index contributed by atoms with van der Waals surface area (Å²) in [5.74, 6) is -4.01. The van der Waals surface area contributed by atoms with Gasteiger partial charge in [-0.2, -0.15) is 9.59 Å². The van der Waals surface area contributed by atoms with Crippen LogP contribution in [0.25, 0.3) is 0 Å². The lowest BCUT2D eigenvalue weighted by Crippen LogP contribution is -2.35. The Morgan fingerprint density at radius 1 is 0.430 bits per heavy atom. The molecule has 0 aromatic heterocycles. The lowest BCUT2D eigenvalue weighted by molar-refractivity contribution is -0.192. The molecule has 107 heavy (non-hydrogen) atoms. The van der Waals surface area contributed by atoms with Crippen LogP contribution >= 0.6 is 0 Å². The molecule has 0 fully saturated rings. The number of carboxylic acid groups (broad SMARTS) is 2. The average molecular weight is 1520 g/mol. The average Bonchev–Trinajstić information content (AvgIpc) is 0.859. The Morgan fingerprint density at radius 2 is 0.850 bits per heavy atom. The number of anilines is 1. The molecule has 3 atom stereocenters. The summed E-state index contributed by atoms with van der Waals surface area (Å²) in [7, 11) is 0. The summed E-state index contributed by atoms with van der Waals surface area (Å²) < 4.78 is 46.2. The Labute approximate surface area is 633 Å². The van der Waals surface area contributed by atoms with E-state index in [-0.39, 0.29) is 105 Å². The van der Waals surface area contributed by atoms with Gasteiger partial charge in [0.05, 0.1) is 72.5 Å². The largest absolute Gasteiger partial charge is 0.478 e. The maximum absolute atomic E-state index is 12.2. The predicted octanol–water partition coefficient (Wildman–Crippen LogP) is 14.7. The van der Waals surface area contributed by atoms with Crippen LogP contribution in [0.5, 0.6) is 0 Å². The number of carboxylic acids is 2. The molecule has 3 unspecified atom stereocenters. The molecule has 2 aromatic carbocycles. The number of nitrogens with one attached hydrogen (secondary N) is 3. The van der Waals surface area contributed by atoms with Gasteiger partial charge in [-0.15, -0.1) is 0 Å². The van der Waals surface area contributed by atoms with Crippen LogP contribution in [0, 0.1) is 33.5 Å². The minimum Gasteiger partial charge on any atom is -0.478 e. The number of benzene rings is 2. The number of esters is 7. The van der Waals surface area contributed by atoms with Crippen molar-refractivity contribution >= 4 is 83.7 Å². The van der Waals surface area contributed by atoms with Gasteiger partial charge in [0.2, 0.25) is 5.91 Å². The first-order valence-corrected chi connectivity index (χ1v) is 37.5. The topological polar surface area (TPSA) is 399 Å². The first kappa shape index (κ1) is 102. The van der Waals surface area contributed by atoms with Gasteiger partial charge < -0.3 is 68.8 Å². The molecule has 0 radical (unpaired) electrons. The number of hydrogen-bond donors (Lipinski definition) is 5. The third kappa shape index (κ3) is 49.5. The van der Waals surface area contributed by atoms with E-state index in [0.717, 1.165) is 70.6 Å². The van der Waals surface area contributed by atoms with Crippen molar-refractivity contribution in [2.75, 3.05) is 77.9 Å². The van der Waals surface area contributed by atoms with Crippen LogP contribution in [-0.2, 0) is 85.8 Å². The highest BCUT2D eigenvalue weighted by Crippen LogP contribution is 2.26. The van der Waals surface area contributed by atoms with Gasteiger partial charge in [0.15, 0.2) is 0 Å². The summed E-state index contributed by atoms with van der Waals surface area (Å²) >= 11 is 0. The van der Waals surface area contributed by atoms with Crippen molar-refractivity contribution in [1.29, 1.82) is 0 Å². The molecule has 28 nitrogen and oxygen atoms in total. The van der Waals surface area contributed by atoms with Crippen molar-refractivity contribution in [2.24, 2.45) is 33.5 Å². The van der Waals surface area contributed by atoms with Crippen LogP contribution in [0.2, 0.25) is 0 Å². The first-order valence-electron chi connectivity index (χ1n) is 37.5. The number of unbranched alkanes of at least 4 members (excludes halogenated alkanes) is 6. The lowest BCUT2D eigenvalue weighted by Gasteiger charge is -2.25. The Balaban J connectivity index is -0.00000135. The molecular formula is C79H127N3O25. The van der Waals surface area contributed by atoms with Gasteiger partial charge in [-0.3, -0.25) is 33.6 Å². The second-order valence-electron chi connectivity index (χ2n) is 27.4. The highest BCUT2D eigenvalue weighted by atomic mass is 16.6. The molecule has 608 valence electrons. The van der Waals surface area contributed by atoms with E-state index < -0.39 is 63.7 Å². The number of carbonyl (C=O) groups excluding carboxylic acids is 12. The van der Waals surface area contributed by atoms with E-state index in [0.29, 0.717) is 88.9 Å². The van der Waals surface area contributed by atoms with Crippen LogP contribution in [0.15, 0.2) is 48.5 Å². The summed E-state index contributed by atoms with van der Waals surface area (Å²) in [5.41, 5.74) is -1.88. The van der Waals surface area contributed by atoms with Gasteiger partial charge in [0.1, 0.15) is 33.0 Å². The zero-order valence-corrected chi connectivity index (χ0v) is 66.7. The lowest BCUT2D eigenvalue weighted by atomic mass is 9.89. The molecule has 0 aliphatic heterocycles. The predicted molar refractivity (Wildman–Crippen MR) is 400 cm³/mol. The number of aromatic carboxylic acids is 2. The van der Waals surface area contributed by atoms with Crippen molar-refractivity contribution in [1.82, 2.24) is 10.6 Å². The number of amides is 3. The smallest absolute Gasteiger partial charge is 0.407 e. The van der Waals surface area contributed by atoms with Crippen LogP contribution < -0.4 is 16.0 Å². The molecular weight excluding hydrogens is 1390 g/mol. The fourth-order valence-corrected chi connectivity index (χ4v) is 8.34. The molecule has 5 N–H and O–H groups in total. The van der Waals surface area contributed by atoms with E-state index in [9.17, 15) is 57.5 Å². The molecule has 0 saturated heterocycles. The van der Waals surface area contributed by atoms with E-state index in [1.165, 1.54) is 49.2 Å². The van der Waals surface area contributed by atoms with E-state index in [1.54, 1.807) is 32.9 Å². The normalized spacial score (nSPS) is 11.8. The van der Waals surface area contributed by atoms with Gasteiger partial charge in [-0.25, -0.2) is 24.0 Å². The van der Waals surface area contributed by atoms with Gasteiger partial charge in [0, 0.05) is 30.4 Å². The number of alkyl carbamates (subject to hydrolysis) is 2. The van der Waals surface area contributed by atoms with Gasteiger partial charge in [0.25, 0.3) is 0 Å². The number of carbonyl (C=O) groups is 12. The molecule has 0 aliphatic carbocycles. The van der Waals surface area contributed by atoms with E-state index >= 15 is 0 Å². The fraction of sp³-hybridized carbons (Fsp3) is 0.684. The number of ether oxygens (including phenoxy) is 9. The summed E-state index contributed by atoms with van der Waals surface area (Å²) in [4.78, 5) is 156. The molecule has 0 saturated carbocycles. The van der Waals surface area contributed by atoms with Crippen LogP contribution in [0.3, 0.4) is 0 Å². The zero-order valence-electron chi connectivity index (χ0n) is 66.7. The van der Waals surface area contributed by atoms with E-state index in [2.05, 4.69) is 43.6 Å². The third-order valence-electron chi connectivity index (χ3n) is 17.6. The fourth-order valence-electron chi connectivity index (χ4n) is 8.34. The molecule has 0 heterocycles. The van der Waals surface area contributed by atoms with Gasteiger partial charge in [-0.1, -0.05) is 127 Å². The van der Waals surface area contributed by atoms with Crippen molar-refractivity contribution in [2.45, 2.75) is 246 Å². The molecule has 2 aromatic rings. The highest BCUT2D eigenvalue weighted by Gasteiger charge is 2.35. The second-order valence-corrected chi connectivity index (χ2v) is 27.4. The highest BCUT2D eigenvalue weighted by molar-refractivity contribution is 6.02. The van der Waals surface area contributed by atoms with Crippen molar-refractivity contribution in [3.8, 4) is 0 Å².